The van der Waals surface area contributed by atoms with Crippen LogP contribution in [0, 0.1) is 5.41 Å². The van der Waals surface area contributed by atoms with E-state index < -0.39 is 12.1 Å². The molecule has 0 aromatic heterocycles. The second kappa shape index (κ2) is 11.0. The van der Waals surface area contributed by atoms with E-state index in [2.05, 4.69) is 23.1 Å². The zero-order valence-corrected chi connectivity index (χ0v) is 19.7. The van der Waals surface area contributed by atoms with Gasteiger partial charge in [-0.25, -0.2) is 4.79 Å². The van der Waals surface area contributed by atoms with Crippen molar-refractivity contribution in [1.29, 1.82) is 0 Å². The number of carbonyl (C=O) groups excluding carboxylic acids is 1. The monoisotopic (exact) mass is 494 g/mol. The number of ether oxygens (including phenoxy) is 2. The number of carboxylic acid groups (broad SMARTS) is 1. The van der Waals surface area contributed by atoms with Gasteiger partial charge in [0.1, 0.15) is 11.5 Å². The minimum atomic E-state index is -5.08. The van der Waals surface area contributed by atoms with E-state index >= 15 is 0 Å². The third-order valence-corrected chi connectivity index (χ3v) is 6.35. The summed E-state index contributed by atoms with van der Waals surface area (Å²) in [5.41, 5.74) is 2.18. The Morgan fingerprint density at radius 3 is 2.20 bits per heavy atom. The number of alkyl halides is 3. The first-order valence-corrected chi connectivity index (χ1v) is 11.1. The molecule has 7 nitrogen and oxygen atoms in total. The lowest BCUT2D eigenvalue weighted by Gasteiger charge is -2.24. The molecule has 35 heavy (non-hydrogen) atoms. The zero-order chi connectivity index (χ0) is 25.6. The summed E-state index contributed by atoms with van der Waals surface area (Å²) in [5, 5.41) is 7.12. The quantitative estimate of drug-likeness (QED) is 0.655. The van der Waals surface area contributed by atoms with Crippen molar-refractivity contribution in [1.82, 2.24) is 9.80 Å². The van der Waals surface area contributed by atoms with Crippen LogP contribution in [0.15, 0.2) is 48.5 Å². The molecule has 2 aliphatic rings. The normalized spacial score (nSPS) is 20.0. The summed E-state index contributed by atoms with van der Waals surface area (Å²) >= 11 is 0. The molecule has 2 aliphatic heterocycles. The van der Waals surface area contributed by atoms with Crippen LogP contribution in [0.25, 0.3) is 0 Å². The standard InChI is InChI=1S/C23H28N2O3.C2HF3O2/c1-27-20-8-6-18(7-9-20)15-24-12-10-23(17-24)11-13-25(22(23)26)16-19-4-3-5-21(14-19)28-2;3-2(4,5)1(6)7/h3-9,14H,10-13,15-17H2,1-2H3;(H,6,7). The largest absolute Gasteiger partial charge is 0.497 e. The Labute approximate surface area is 202 Å². The fourth-order valence-corrected chi connectivity index (χ4v) is 4.50. The molecule has 1 N–H and O–H groups in total. The first-order chi connectivity index (χ1) is 16.6. The summed E-state index contributed by atoms with van der Waals surface area (Å²) in [5.74, 6) is -0.730. The van der Waals surface area contributed by atoms with Crippen LogP contribution in [0.2, 0.25) is 0 Å². The van der Waals surface area contributed by atoms with Gasteiger partial charge in [-0.1, -0.05) is 24.3 Å². The topological polar surface area (TPSA) is 79.3 Å². The van der Waals surface area contributed by atoms with Crippen LogP contribution < -0.4 is 9.47 Å². The number of nitrogens with zero attached hydrogens (tertiary/aromatic N) is 2. The molecular formula is C25H29F3N2O5. The molecule has 0 bridgehead atoms. The van der Waals surface area contributed by atoms with Crippen molar-refractivity contribution in [2.24, 2.45) is 5.41 Å². The van der Waals surface area contributed by atoms with Gasteiger partial charge in [0, 0.05) is 26.2 Å². The van der Waals surface area contributed by atoms with Crippen LogP contribution in [0.3, 0.4) is 0 Å². The SMILES string of the molecule is COc1ccc(CN2CCC3(CCN(Cc4cccc(OC)c4)C3=O)C2)cc1.O=C(O)C(F)(F)F. The van der Waals surface area contributed by atoms with E-state index in [1.54, 1.807) is 14.2 Å². The van der Waals surface area contributed by atoms with E-state index in [1.165, 1.54) is 5.56 Å². The number of aliphatic carboxylic acids is 1. The first kappa shape index (κ1) is 26.3. The number of likely N-dealkylation sites (tertiary alicyclic amines) is 2. The van der Waals surface area contributed by atoms with Crippen LogP contribution in [-0.4, -0.2) is 66.8 Å². The van der Waals surface area contributed by atoms with E-state index in [0.29, 0.717) is 12.5 Å². The summed E-state index contributed by atoms with van der Waals surface area (Å²) in [6.07, 6.45) is -3.18. The van der Waals surface area contributed by atoms with E-state index in [1.807, 2.05) is 35.2 Å². The third-order valence-electron chi connectivity index (χ3n) is 6.35. The number of halogens is 3. The third kappa shape index (κ3) is 6.66. The second-order valence-electron chi connectivity index (χ2n) is 8.72. The Hall–Kier alpha value is -3.27. The summed E-state index contributed by atoms with van der Waals surface area (Å²) in [6, 6.07) is 16.2. The van der Waals surface area contributed by atoms with Crippen LogP contribution in [-0.2, 0) is 22.7 Å². The molecule has 0 radical (unpaired) electrons. The molecule has 2 aromatic carbocycles. The Morgan fingerprint density at radius 2 is 1.60 bits per heavy atom. The zero-order valence-electron chi connectivity index (χ0n) is 19.7. The van der Waals surface area contributed by atoms with Crippen LogP contribution in [0.4, 0.5) is 13.2 Å². The van der Waals surface area contributed by atoms with Crippen molar-refractivity contribution in [2.45, 2.75) is 32.1 Å². The molecule has 2 fully saturated rings. The maximum absolute atomic E-state index is 13.2. The number of hydrogen-bond donors (Lipinski definition) is 1. The highest BCUT2D eigenvalue weighted by molar-refractivity contribution is 5.85. The molecule has 4 rings (SSSR count). The lowest BCUT2D eigenvalue weighted by Crippen LogP contribution is -2.36. The lowest BCUT2D eigenvalue weighted by molar-refractivity contribution is -0.192. The van der Waals surface area contributed by atoms with Crippen molar-refractivity contribution < 1.29 is 37.3 Å². The molecule has 190 valence electrons. The van der Waals surface area contributed by atoms with Crippen molar-refractivity contribution in [3.8, 4) is 11.5 Å². The summed E-state index contributed by atoms with van der Waals surface area (Å²) in [7, 11) is 3.35. The predicted molar refractivity (Wildman–Crippen MR) is 122 cm³/mol. The lowest BCUT2D eigenvalue weighted by atomic mass is 9.85. The molecule has 10 heteroatoms. The van der Waals surface area contributed by atoms with E-state index in [4.69, 9.17) is 19.4 Å². The Kier molecular flexibility index (Phi) is 8.26. The van der Waals surface area contributed by atoms with Crippen LogP contribution >= 0.6 is 0 Å². The molecule has 1 spiro atoms. The van der Waals surface area contributed by atoms with Gasteiger partial charge in [-0.3, -0.25) is 9.69 Å². The van der Waals surface area contributed by atoms with Gasteiger partial charge < -0.3 is 19.5 Å². The summed E-state index contributed by atoms with van der Waals surface area (Å²) < 4.78 is 42.3. The minimum absolute atomic E-state index is 0.203. The molecule has 1 amide bonds. The molecular weight excluding hydrogens is 465 g/mol. The highest BCUT2D eigenvalue weighted by atomic mass is 19.4. The fraction of sp³-hybridized carbons (Fsp3) is 0.440. The van der Waals surface area contributed by atoms with Gasteiger partial charge in [0.25, 0.3) is 0 Å². The van der Waals surface area contributed by atoms with Crippen molar-refractivity contribution in [2.75, 3.05) is 33.9 Å². The van der Waals surface area contributed by atoms with Crippen molar-refractivity contribution >= 4 is 11.9 Å². The van der Waals surface area contributed by atoms with E-state index in [0.717, 1.165) is 56.1 Å². The minimum Gasteiger partial charge on any atom is -0.497 e. The smallest absolute Gasteiger partial charge is 0.490 e. The van der Waals surface area contributed by atoms with Gasteiger partial charge >= 0.3 is 12.1 Å². The number of hydrogen-bond acceptors (Lipinski definition) is 5. The van der Waals surface area contributed by atoms with Gasteiger partial charge in [-0.2, -0.15) is 13.2 Å². The molecule has 0 aliphatic carbocycles. The Balaban J connectivity index is 0.000000429. The van der Waals surface area contributed by atoms with Crippen LogP contribution in [0.5, 0.6) is 11.5 Å². The van der Waals surface area contributed by atoms with Crippen molar-refractivity contribution in [3.05, 3.63) is 59.7 Å². The molecule has 2 saturated heterocycles. The van der Waals surface area contributed by atoms with Crippen LogP contribution in [0.1, 0.15) is 24.0 Å². The van der Waals surface area contributed by atoms with E-state index in [-0.39, 0.29) is 5.41 Å². The van der Waals surface area contributed by atoms with Gasteiger partial charge in [0.2, 0.25) is 5.91 Å². The highest BCUT2D eigenvalue weighted by Crippen LogP contribution is 2.41. The van der Waals surface area contributed by atoms with Gasteiger partial charge in [0.05, 0.1) is 19.6 Å². The number of rotatable bonds is 6. The molecule has 1 atom stereocenters. The maximum atomic E-state index is 13.2. The Morgan fingerprint density at radius 1 is 0.971 bits per heavy atom. The Bertz CT molecular complexity index is 1030. The fourth-order valence-electron chi connectivity index (χ4n) is 4.50. The van der Waals surface area contributed by atoms with Gasteiger partial charge in [0.15, 0.2) is 0 Å². The average Bonchev–Trinajstić information content (AvgIpc) is 3.38. The molecule has 2 aromatic rings. The number of methoxy groups -OCH3 is 2. The van der Waals surface area contributed by atoms with E-state index in [9.17, 15) is 18.0 Å². The molecule has 2 heterocycles. The molecule has 1 unspecified atom stereocenters. The second-order valence-corrected chi connectivity index (χ2v) is 8.72. The van der Waals surface area contributed by atoms with Gasteiger partial charge in [-0.05, 0) is 54.8 Å². The number of carbonyl (C=O) groups is 2. The van der Waals surface area contributed by atoms with Crippen molar-refractivity contribution in [3.63, 3.8) is 0 Å². The first-order valence-electron chi connectivity index (χ1n) is 11.1. The number of benzene rings is 2. The highest BCUT2D eigenvalue weighted by Gasteiger charge is 2.50. The average molecular weight is 495 g/mol. The van der Waals surface area contributed by atoms with Gasteiger partial charge in [-0.15, -0.1) is 0 Å². The summed E-state index contributed by atoms with van der Waals surface area (Å²) in [6.45, 7) is 4.22. The number of amides is 1. The predicted octanol–water partition coefficient (Wildman–Crippen LogP) is 3.96. The summed E-state index contributed by atoms with van der Waals surface area (Å²) in [4.78, 5) is 26.5. The maximum Gasteiger partial charge on any atom is 0.490 e. The molecule has 0 saturated carbocycles. The number of carboxylic acids is 1.